The Kier molecular flexibility index (Phi) is 7.51. The third kappa shape index (κ3) is 4.66. The molecule has 3 fully saturated rings. The summed E-state index contributed by atoms with van der Waals surface area (Å²) in [5.41, 5.74) is -1.62. The molecule has 0 spiro atoms. The predicted molar refractivity (Wildman–Crippen MR) is 177 cm³/mol. The zero-order chi connectivity index (χ0) is 33.4. The average molecular weight is 660 g/mol. The maximum Gasteiger partial charge on any atom is 0.319 e. The fourth-order valence-corrected chi connectivity index (χ4v) is 9.13. The van der Waals surface area contributed by atoms with E-state index >= 15 is 8.78 Å². The molecule has 48 heavy (non-hydrogen) atoms. The van der Waals surface area contributed by atoms with Gasteiger partial charge in [0.1, 0.15) is 52.9 Å². The van der Waals surface area contributed by atoms with Crippen LogP contribution in [0.4, 0.5) is 19.0 Å². The summed E-state index contributed by atoms with van der Waals surface area (Å²) in [5.74, 6) is 1.12. The number of pyridine rings is 1. The number of aliphatic hydroxyl groups excluding tert-OH is 1. The van der Waals surface area contributed by atoms with Crippen molar-refractivity contribution in [2.24, 2.45) is 11.3 Å². The van der Waals surface area contributed by atoms with Crippen LogP contribution in [0.2, 0.25) is 0 Å². The highest BCUT2D eigenvalue weighted by Gasteiger charge is 2.50. The first-order valence-corrected chi connectivity index (χ1v) is 17.2. The molecule has 6 aliphatic rings. The topological polar surface area (TPSA) is 83.8 Å². The van der Waals surface area contributed by atoms with Crippen molar-refractivity contribution in [1.29, 1.82) is 0 Å². The van der Waals surface area contributed by atoms with Crippen LogP contribution in [0, 0.1) is 29.5 Å². The number of hydrogen-bond donors (Lipinski definition) is 1. The lowest BCUT2D eigenvalue weighted by Gasteiger charge is -2.41. The van der Waals surface area contributed by atoms with Crippen molar-refractivity contribution in [1.82, 2.24) is 19.9 Å². The number of ether oxygens (including phenoxy) is 2. The third-order valence-electron chi connectivity index (χ3n) is 11.6. The van der Waals surface area contributed by atoms with Gasteiger partial charge in [0.25, 0.3) is 0 Å². The number of terminal acetylenes is 1. The van der Waals surface area contributed by atoms with Gasteiger partial charge in [-0.3, -0.25) is 4.90 Å². The van der Waals surface area contributed by atoms with Crippen LogP contribution in [0.1, 0.15) is 70.9 Å². The highest BCUT2D eigenvalue weighted by Crippen LogP contribution is 2.55. The van der Waals surface area contributed by atoms with Gasteiger partial charge in [-0.05, 0) is 69.4 Å². The molecule has 0 bridgehead atoms. The van der Waals surface area contributed by atoms with Crippen LogP contribution in [-0.2, 0) is 0 Å². The maximum atomic E-state index is 17.3. The average Bonchev–Trinajstić information content (AvgIpc) is 3.42. The monoisotopic (exact) mass is 659 g/mol. The molecule has 0 radical (unpaired) electrons. The van der Waals surface area contributed by atoms with E-state index in [-0.39, 0.29) is 58.8 Å². The van der Waals surface area contributed by atoms with Crippen molar-refractivity contribution < 1.29 is 27.8 Å². The van der Waals surface area contributed by atoms with E-state index in [4.69, 9.17) is 25.9 Å². The van der Waals surface area contributed by atoms with E-state index in [1.807, 2.05) is 0 Å². The van der Waals surface area contributed by atoms with E-state index < -0.39 is 34.7 Å². The van der Waals surface area contributed by atoms with E-state index in [0.29, 0.717) is 37.1 Å². The second kappa shape index (κ2) is 11.5. The SMILES string of the molecule is C#CC1=C(F)C=CC2C=C(O)C=C(c3nc4c5c(nc(OC[C@@]67CCCN6C[C@H](F)C7)nc5c3F)N3CCCCC[C@H]3[C@H](CC)O4)C12C. The summed E-state index contributed by atoms with van der Waals surface area (Å²) in [6, 6.07) is -0.0344. The van der Waals surface area contributed by atoms with Crippen LogP contribution in [0.3, 0.4) is 0 Å². The molecule has 2 unspecified atom stereocenters. The second-order valence-corrected chi connectivity index (χ2v) is 14.3. The Balaban J connectivity index is 1.32. The van der Waals surface area contributed by atoms with Crippen molar-refractivity contribution >= 4 is 22.3 Å². The molecule has 2 aliphatic carbocycles. The molecule has 6 atom stereocenters. The fraction of sp³-hybridized carbons (Fsp3) is 0.541. The molecule has 1 N–H and O–H groups in total. The number of fused-ring (bicyclic) bond motifs is 4. The lowest BCUT2D eigenvalue weighted by atomic mass is 9.61. The number of allylic oxidation sites excluding steroid dienone is 7. The molecule has 0 saturated carbocycles. The zero-order valence-electron chi connectivity index (χ0n) is 27.3. The minimum Gasteiger partial charge on any atom is -0.508 e. The van der Waals surface area contributed by atoms with Gasteiger partial charge in [-0.15, -0.1) is 6.42 Å². The molecule has 2 aromatic rings. The standard InChI is InChI=1S/C37H40F3N5O3/c1-4-24-26(39)12-11-21-16-23(46)17-25(36(21,24)3)31-30(40)32-29-33(45-15-8-6-7-10-27(45)28(5-2)48-34(29)41-31)43-35(42-32)47-20-37-13-9-14-44(37)19-22(38)18-37/h1,11-12,16-17,21-22,27-28,46H,5-10,13-15,18-20H2,2-3H3/t21?,22-,27+,28+,36?,37+/m1/s1. The molecule has 252 valence electrons. The molecule has 6 heterocycles. The minimum atomic E-state index is -1.25. The summed E-state index contributed by atoms with van der Waals surface area (Å²) in [6.07, 6.45) is 17.2. The summed E-state index contributed by atoms with van der Waals surface area (Å²) >= 11 is 0. The summed E-state index contributed by atoms with van der Waals surface area (Å²) < 4.78 is 60.2. The van der Waals surface area contributed by atoms with Crippen molar-refractivity contribution in [3.63, 3.8) is 0 Å². The largest absolute Gasteiger partial charge is 0.508 e. The number of alkyl halides is 1. The summed E-state index contributed by atoms with van der Waals surface area (Å²) in [7, 11) is 0. The van der Waals surface area contributed by atoms with E-state index in [2.05, 4.69) is 27.6 Å². The molecule has 11 heteroatoms. The quantitative estimate of drug-likeness (QED) is 0.346. The van der Waals surface area contributed by atoms with E-state index in [9.17, 15) is 9.50 Å². The number of anilines is 1. The van der Waals surface area contributed by atoms with Crippen LogP contribution in [-0.4, -0.2) is 75.1 Å². The van der Waals surface area contributed by atoms with Gasteiger partial charge in [0.2, 0.25) is 5.88 Å². The van der Waals surface area contributed by atoms with Crippen molar-refractivity contribution in [3.8, 4) is 24.2 Å². The van der Waals surface area contributed by atoms with Gasteiger partial charge >= 0.3 is 6.01 Å². The number of halogens is 3. The molecule has 0 amide bonds. The van der Waals surface area contributed by atoms with E-state index in [1.54, 1.807) is 19.1 Å². The Labute approximate surface area is 278 Å². The van der Waals surface area contributed by atoms with Crippen molar-refractivity contribution in [2.45, 2.75) is 89.1 Å². The number of nitrogens with zero attached hydrogens (tertiary/aromatic N) is 5. The van der Waals surface area contributed by atoms with Gasteiger partial charge in [0.05, 0.1) is 11.6 Å². The normalized spacial score (nSPS) is 32.8. The Hall–Kier alpha value is -4.04. The van der Waals surface area contributed by atoms with Gasteiger partial charge in [-0.1, -0.05) is 31.8 Å². The highest BCUT2D eigenvalue weighted by molar-refractivity contribution is 5.97. The number of hydrogen-bond acceptors (Lipinski definition) is 8. The summed E-state index contributed by atoms with van der Waals surface area (Å²) in [6.45, 7) is 5.87. The number of aromatic nitrogens is 3. The number of aliphatic hydroxyl groups is 1. The smallest absolute Gasteiger partial charge is 0.319 e. The first kappa shape index (κ1) is 31.2. The molecular weight excluding hydrogens is 619 g/mol. The summed E-state index contributed by atoms with van der Waals surface area (Å²) in [5, 5.41) is 11.2. The Morgan fingerprint density at radius 3 is 2.83 bits per heavy atom. The Bertz CT molecular complexity index is 1850. The van der Waals surface area contributed by atoms with Crippen LogP contribution in [0.15, 0.2) is 41.5 Å². The minimum absolute atomic E-state index is 0.00119. The van der Waals surface area contributed by atoms with Crippen LogP contribution in [0.5, 0.6) is 11.9 Å². The summed E-state index contributed by atoms with van der Waals surface area (Å²) in [4.78, 5) is 18.8. The predicted octanol–water partition coefficient (Wildman–Crippen LogP) is 6.93. The molecule has 4 aliphatic heterocycles. The van der Waals surface area contributed by atoms with Gasteiger partial charge in [0.15, 0.2) is 5.82 Å². The molecule has 3 saturated heterocycles. The Morgan fingerprint density at radius 2 is 2.02 bits per heavy atom. The van der Waals surface area contributed by atoms with E-state index in [1.165, 1.54) is 12.2 Å². The lowest BCUT2D eigenvalue weighted by molar-refractivity contribution is 0.107. The van der Waals surface area contributed by atoms with Gasteiger partial charge in [-0.2, -0.15) is 9.97 Å². The van der Waals surface area contributed by atoms with Gasteiger partial charge in [0, 0.05) is 36.4 Å². The first-order valence-electron chi connectivity index (χ1n) is 17.2. The zero-order valence-corrected chi connectivity index (χ0v) is 27.3. The van der Waals surface area contributed by atoms with Crippen LogP contribution >= 0.6 is 0 Å². The fourth-order valence-electron chi connectivity index (χ4n) is 9.13. The van der Waals surface area contributed by atoms with Crippen LogP contribution < -0.4 is 14.4 Å². The second-order valence-electron chi connectivity index (χ2n) is 14.3. The molecular formula is C37H40F3N5O3. The third-order valence-corrected chi connectivity index (χ3v) is 11.6. The van der Waals surface area contributed by atoms with Crippen LogP contribution in [0.25, 0.3) is 16.5 Å². The lowest BCUT2D eigenvalue weighted by Crippen LogP contribution is -2.45. The van der Waals surface area contributed by atoms with Gasteiger partial charge in [-0.25, -0.2) is 18.2 Å². The molecule has 2 aromatic heterocycles. The first-order chi connectivity index (χ1) is 23.2. The Morgan fingerprint density at radius 1 is 1.17 bits per heavy atom. The highest BCUT2D eigenvalue weighted by atomic mass is 19.1. The molecule has 0 aromatic carbocycles. The van der Waals surface area contributed by atoms with E-state index in [0.717, 1.165) is 45.1 Å². The molecule has 8 nitrogen and oxygen atoms in total. The van der Waals surface area contributed by atoms with Crippen molar-refractivity contribution in [3.05, 3.63) is 53.0 Å². The number of rotatable bonds is 5. The maximum absolute atomic E-state index is 17.3. The van der Waals surface area contributed by atoms with Crippen molar-refractivity contribution in [2.75, 3.05) is 31.1 Å². The molecule has 8 rings (SSSR count). The van der Waals surface area contributed by atoms with Gasteiger partial charge < -0.3 is 19.5 Å².